The summed E-state index contributed by atoms with van der Waals surface area (Å²) < 4.78 is 0. The molecular weight excluding hydrogens is 452 g/mol. The van der Waals surface area contributed by atoms with E-state index in [4.69, 9.17) is 5.73 Å². The van der Waals surface area contributed by atoms with Crippen molar-refractivity contribution in [2.45, 2.75) is 59.7 Å². The summed E-state index contributed by atoms with van der Waals surface area (Å²) in [7, 11) is 0. The quantitative estimate of drug-likeness (QED) is 0.259. The summed E-state index contributed by atoms with van der Waals surface area (Å²) in [5.41, 5.74) is 5.58. The van der Waals surface area contributed by atoms with E-state index in [0.717, 1.165) is 12.8 Å². The number of nitrogens with two attached hydrogens (primary N) is 1. The Kier molecular flexibility index (Phi) is 12.4. The van der Waals surface area contributed by atoms with Crippen molar-refractivity contribution in [3.05, 3.63) is 34.9 Å². The number of primary amides is 1. The lowest BCUT2D eigenvalue weighted by molar-refractivity contribution is -0.131. The second-order valence-corrected chi connectivity index (χ2v) is 9.15. The molecule has 3 unspecified atom stereocenters. The highest BCUT2D eigenvalue weighted by molar-refractivity contribution is 6.04. The van der Waals surface area contributed by atoms with E-state index in [1.54, 1.807) is 4.90 Å². The number of nitrogens with zero attached hydrogens (tertiary/aromatic N) is 1. The van der Waals surface area contributed by atoms with E-state index in [9.17, 15) is 29.4 Å². The molecule has 0 aromatic heterocycles. The first kappa shape index (κ1) is 30.1. The number of nitrogens with one attached hydrogen (secondary N) is 2. The summed E-state index contributed by atoms with van der Waals surface area (Å²) in [4.78, 5) is 51.4. The number of carbonyl (C=O) groups is 4. The van der Waals surface area contributed by atoms with E-state index in [2.05, 4.69) is 10.6 Å². The minimum absolute atomic E-state index is 0.00461. The standard InChI is InChI=1S/C25H40N4O6/c1-6-8-29(9-7-2)25(35)19-11-17(22(26)32)10-18(12-19)24(34)28-14-20(30)21(31)16(5)23(33)27-13-15(3)4/h10-12,15-16,20-21,30-31H,6-9,13-14H2,1-5H3,(H2,26,32)(H,27,33)(H,28,34). The van der Waals surface area contributed by atoms with Crippen molar-refractivity contribution in [2.24, 2.45) is 17.6 Å². The smallest absolute Gasteiger partial charge is 0.253 e. The number of rotatable bonds is 14. The van der Waals surface area contributed by atoms with Crippen LogP contribution in [0.1, 0.15) is 78.5 Å². The molecule has 0 radical (unpaired) electrons. The minimum Gasteiger partial charge on any atom is -0.390 e. The van der Waals surface area contributed by atoms with Gasteiger partial charge in [0.05, 0.1) is 18.1 Å². The molecule has 0 fully saturated rings. The van der Waals surface area contributed by atoms with Gasteiger partial charge in [0.15, 0.2) is 0 Å². The first-order valence-corrected chi connectivity index (χ1v) is 12.1. The third-order valence-corrected chi connectivity index (χ3v) is 5.48. The van der Waals surface area contributed by atoms with E-state index < -0.39 is 35.8 Å². The normalized spacial score (nSPS) is 13.6. The third-order valence-electron chi connectivity index (χ3n) is 5.48. The van der Waals surface area contributed by atoms with Gasteiger partial charge in [-0.25, -0.2) is 0 Å². The molecule has 3 atom stereocenters. The average molecular weight is 493 g/mol. The summed E-state index contributed by atoms with van der Waals surface area (Å²) >= 11 is 0. The number of aliphatic hydroxyl groups excluding tert-OH is 2. The Morgan fingerprint density at radius 3 is 1.94 bits per heavy atom. The number of hydrogen-bond donors (Lipinski definition) is 5. The van der Waals surface area contributed by atoms with Crippen LogP contribution in [0.15, 0.2) is 18.2 Å². The van der Waals surface area contributed by atoms with Crippen LogP contribution in [0.4, 0.5) is 0 Å². The fourth-order valence-electron chi connectivity index (χ4n) is 3.44. The van der Waals surface area contributed by atoms with Crippen LogP contribution in [0.2, 0.25) is 0 Å². The maximum Gasteiger partial charge on any atom is 0.253 e. The van der Waals surface area contributed by atoms with Crippen LogP contribution in [0.25, 0.3) is 0 Å². The molecule has 10 nitrogen and oxygen atoms in total. The zero-order valence-corrected chi connectivity index (χ0v) is 21.3. The maximum absolute atomic E-state index is 13.0. The molecule has 0 aliphatic rings. The van der Waals surface area contributed by atoms with Gasteiger partial charge < -0.3 is 31.5 Å². The molecule has 0 saturated heterocycles. The summed E-state index contributed by atoms with van der Waals surface area (Å²) in [5.74, 6) is -2.84. The highest BCUT2D eigenvalue weighted by atomic mass is 16.3. The van der Waals surface area contributed by atoms with Crippen molar-refractivity contribution in [1.82, 2.24) is 15.5 Å². The SMILES string of the molecule is CCCN(CCC)C(=O)c1cc(C(N)=O)cc(C(=O)NCC(O)C(O)C(C)C(=O)NCC(C)C)c1. The van der Waals surface area contributed by atoms with E-state index in [1.165, 1.54) is 25.1 Å². The molecule has 0 bridgehead atoms. The van der Waals surface area contributed by atoms with Gasteiger partial charge in [-0.2, -0.15) is 0 Å². The molecule has 4 amide bonds. The summed E-state index contributed by atoms with van der Waals surface area (Å²) in [6.07, 6.45) is -1.32. The molecule has 35 heavy (non-hydrogen) atoms. The van der Waals surface area contributed by atoms with E-state index >= 15 is 0 Å². The zero-order chi connectivity index (χ0) is 26.7. The van der Waals surface area contributed by atoms with Crippen LogP contribution in [0.3, 0.4) is 0 Å². The van der Waals surface area contributed by atoms with Gasteiger partial charge in [0.1, 0.15) is 0 Å². The lowest BCUT2D eigenvalue weighted by atomic mass is 9.98. The Labute approximate surface area is 207 Å². The highest BCUT2D eigenvalue weighted by Gasteiger charge is 2.29. The van der Waals surface area contributed by atoms with Crippen LogP contribution in [0, 0.1) is 11.8 Å². The number of carbonyl (C=O) groups excluding carboxylic acids is 4. The van der Waals surface area contributed by atoms with Gasteiger partial charge in [-0.1, -0.05) is 34.6 Å². The van der Waals surface area contributed by atoms with Gasteiger partial charge in [-0.3, -0.25) is 19.2 Å². The number of benzene rings is 1. The third kappa shape index (κ3) is 9.29. The fraction of sp³-hybridized carbons (Fsp3) is 0.600. The molecule has 6 N–H and O–H groups in total. The topological polar surface area (TPSA) is 162 Å². The minimum atomic E-state index is -1.41. The maximum atomic E-state index is 13.0. The Morgan fingerprint density at radius 2 is 1.43 bits per heavy atom. The van der Waals surface area contributed by atoms with Gasteiger partial charge in [0.2, 0.25) is 11.8 Å². The second kappa shape index (κ2) is 14.4. The molecule has 0 spiro atoms. The predicted molar refractivity (Wildman–Crippen MR) is 133 cm³/mol. The van der Waals surface area contributed by atoms with E-state index in [1.807, 2.05) is 27.7 Å². The van der Waals surface area contributed by atoms with Gasteiger partial charge in [-0.05, 0) is 37.0 Å². The van der Waals surface area contributed by atoms with Gasteiger partial charge in [0, 0.05) is 42.9 Å². The highest BCUT2D eigenvalue weighted by Crippen LogP contribution is 2.15. The van der Waals surface area contributed by atoms with Crippen molar-refractivity contribution in [2.75, 3.05) is 26.2 Å². The van der Waals surface area contributed by atoms with Crippen LogP contribution in [0.5, 0.6) is 0 Å². The van der Waals surface area contributed by atoms with Crippen LogP contribution in [-0.4, -0.2) is 77.1 Å². The van der Waals surface area contributed by atoms with Gasteiger partial charge in [-0.15, -0.1) is 0 Å². The summed E-state index contributed by atoms with van der Waals surface area (Å²) in [6, 6.07) is 3.99. The van der Waals surface area contributed by atoms with Crippen molar-refractivity contribution in [3.63, 3.8) is 0 Å². The lowest BCUT2D eigenvalue weighted by Gasteiger charge is -2.24. The molecule has 0 saturated carbocycles. The second-order valence-electron chi connectivity index (χ2n) is 9.15. The first-order chi connectivity index (χ1) is 16.4. The van der Waals surface area contributed by atoms with E-state index in [-0.39, 0.29) is 35.1 Å². The van der Waals surface area contributed by atoms with Crippen molar-refractivity contribution < 1.29 is 29.4 Å². The molecule has 1 rings (SSSR count). The number of hydrogen-bond acceptors (Lipinski definition) is 6. The Hall–Kier alpha value is -2.98. The van der Waals surface area contributed by atoms with Crippen LogP contribution in [-0.2, 0) is 4.79 Å². The predicted octanol–water partition coefficient (Wildman–Crippen LogP) is 0.908. The molecule has 1 aromatic rings. The van der Waals surface area contributed by atoms with Crippen molar-refractivity contribution >= 4 is 23.6 Å². The van der Waals surface area contributed by atoms with Crippen molar-refractivity contribution in [3.8, 4) is 0 Å². The molecular formula is C25H40N4O6. The van der Waals surface area contributed by atoms with Crippen molar-refractivity contribution in [1.29, 1.82) is 0 Å². The lowest BCUT2D eigenvalue weighted by Crippen LogP contribution is -2.46. The molecule has 1 aromatic carbocycles. The fourth-order valence-corrected chi connectivity index (χ4v) is 3.44. The molecule has 0 heterocycles. The van der Waals surface area contributed by atoms with E-state index in [0.29, 0.717) is 19.6 Å². The largest absolute Gasteiger partial charge is 0.390 e. The Morgan fingerprint density at radius 1 is 0.886 bits per heavy atom. The molecule has 10 heteroatoms. The summed E-state index contributed by atoms with van der Waals surface area (Å²) in [5, 5.41) is 25.8. The number of aliphatic hydroxyl groups is 2. The molecule has 0 aliphatic carbocycles. The molecule has 0 aliphatic heterocycles. The average Bonchev–Trinajstić information content (AvgIpc) is 2.83. The first-order valence-electron chi connectivity index (χ1n) is 12.1. The summed E-state index contributed by atoms with van der Waals surface area (Å²) in [6.45, 7) is 10.4. The monoisotopic (exact) mass is 492 g/mol. The Bertz CT molecular complexity index is 883. The van der Waals surface area contributed by atoms with Crippen LogP contribution >= 0.6 is 0 Å². The Balaban J connectivity index is 2.97. The molecule has 196 valence electrons. The van der Waals surface area contributed by atoms with Gasteiger partial charge >= 0.3 is 0 Å². The zero-order valence-electron chi connectivity index (χ0n) is 21.3. The van der Waals surface area contributed by atoms with Gasteiger partial charge in [0.25, 0.3) is 11.8 Å². The number of amides is 4. The van der Waals surface area contributed by atoms with Crippen LogP contribution < -0.4 is 16.4 Å².